The van der Waals surface area contributed by atoms with E-state index in [4.69, 9.17) is 18.9 Å². The highest BCUT2D eigenvalue weighted by atomic mass is 16.7. The van der Waals surface area contributed by atoms with Crippen LogP contribution in [0.2, 0.25) is 0 Å². The van der Waals surface area contributed by atoms with Crippen LogP contribution in [0.3, 0.4) is 0 Å². The summed E-state index contributed by atoms with van der Waals surface area (Å²) in [6.45, 7) is -2.60. The summed E-state index contributed by atoms with van der Waals surface area (Å²) in [5, 5.41) is 106. The molecule has 0 aromatic heterocycles. The van der Waals surface area contributed by atoms with Crippen LogP contribution in [0.15, 0.2) is 30.3 Å². The van der Waals surface area contributed by atoms with Crippen molar-refractivity contribution in [2.24, 2.45) is 0 Å². The number of ether oxygens (including phenoxy) is 4. The lowest BCUT2D eigenvalue weighted by Crippen LogP contribution is -2.69. The van der Waals surface area contributed by atoms with Gasteiger partial charge in [-0.25, -0.2) is 9.59 Å². The molecule has 1 aromatic rings. The monoisotopic (exact) mass is 706 g/mol. The maximum absolute atomic E-state index is 13.1. The quantitative estimate of drug-likeness (QED) is 0.0762. The van der Waals surface area contributed by atoms with E-state index in [1.54, 1.807) is 30.3 Å². The molecule has 2 amide bonds. The molecule has 0 radical (unpaired) electrons. The van der Waals surface area contributed by atoms with E-state index in [0.29, 0.717) is 5.56 Å². The van der Waals surface area contributed by atoms with E-state index in [1.165, 1.54) is 0 Å². The van der Waals surface area contributed by atoms with Crippen molar-refractivity contribution in [1.29, 1.82) is 0 Å². The zero-order valence-electron chi connectivity index (χ0n) is 26.1. The third-order valence-corrected chi connectivity index (χ3v) is 8.08. The summed E-state index contributed by atoms with van der Waals surface area (Å²) < 4.78 is 21.8. The van der Waals surface area contributed by atoms with Crippen molar-refractivity contribution in [2.45, 2.75) is 98.9 Å². The van der Waals surface area contributed by atoms with E-state index in [-0.39, 0.29) is 6.61 Å². The van der Waals surface area contributed by atoms with Crippen LogP contribution < -0.4 is 10.6 Å². The maximum atomic E-state index is 13.1. The van der Waals surface area contributed by atoms with Gasteiger partial charge in [0, 0.05) is 19.8 Å². The number of hydrogen-bond acceptors (Lipinski definition) is 16. The van der Waals surface area contributed by atoms with Gasteiger partial charge >= 0.3 is 11.9 Å². The summed E-state index contributed by atoms with van der Waals surface area (Å²) in [7, 11) is 0. The molecule has 2 aliphatic rings. The number of amides is 2. The van der Waals surface area contributed by atoms with Crippen LogP contribution >= 0.6 is 0 Å². The topological polar surface area (TPSA) is 332 Å². The van der Waals surface area contributed by atoms with E-state index in [0.717, 1.165) is 6.92 Å². The summed E-state index contributed by atoms with van der Waals surface area (Å²) in [5.74, 6) is -11.1. The van der Waals surface area contributed by atoms with Gasteiger partial charge in [0.2, 0.25) is 11.8 Å². The molecule has 2 saturated heterocycles. The van der Waals surface area contributed by atoms with Gasteiger partial charge in [0.05, 0.1) is 44.1 Å². The first-order valence-corrected chi connectivity index (χ1v) is 15.0. The summed E-state index contributed by atoms with van der Waals surface area (Å²) >= 11 is 0. The molecule has 0 spiro atoms. The predicted octanol–water partition coefficient (Wildman–Crippen LogP) is -5.50. The molecule has 20 nitrogen and oxygen atoms in total. The Morgan fingerprint density at radius 3 is 1.67 bits per heavy atom. The number of carbonyl (C=O) groups excluding carboxylic acids is 2. The fraction of sp³-hybridized carbons (Fsp3) is 0.655. The lowest BCUT2D eigenvalue weighted by atomic mass is 9.88. The van der Waals surface area contributed by atoms with Gasteiger partial charge < -0.3 is 80.6 Å². The second kappa shape index (κ2) is 17.0. The van der Waals surface area contributed by atoms with Gasteiger partial charge in [-0.05, 0) is 5.56 Å². The number of aliphatic carboxylic acids is 2. The van der Waals surface area contributed by atoms with Crippen LogP contribution in [0.5, 0.6) is 0 Å². The first kappa shape index (κ1) is 40.1. The highest BCUT2D eigenvalue weighted by molar-refractivity contribution is 5.80. The molecule has 0 bridgehead atoms. The van der Waals surface area contributed by atoms with Crippen LogP contribution in [0, 0.1) is 0 Å². The number of hydrogen-bond donors (Lipinski definition) is 12. The maximum Gasteiger partial charge on any atom is 0.364 e. The lowest BCUT2D eigenvalue weighted by molar-refractivity contribution is -0.316. The van der Waals surface area contributed by atoms with Crippen LogP contribution in [0.4, 0.5) is 0 Å². The summed E-state index contributed by atoms with van der Waals surface area (Å²) in [4.78, 5) is 49.6. The standard InChI is InChI=1S/C29H42N2O18/c1-13(34)30-20-15(35)7-29(27(44)45,48-24(20)22(40)17(37)9-32)47-12-19(39)31-21-16(36)8-28(26(42)43,46-11-14-5-3-2-4-6-14)49-25(21)23(41)18(38)10-33/h2-6,15-18,20-25,32-33,35-38,40-41H,7-12H2,1H3,(H,30,34)(H,31,39)(H,42,43)(H,44,45)/t15-,16-,17+,18+,20+,21+,22+,23+,24+,25+,28+,29+/m0/s1. The Morgan fingerprint density at radius 1 is 0.796 bits per heavy atom. The van der Waals surface area contributed by atoms with Crippen molar-refractivity contribution in [2.75, 3.05) is 19.8 Å². The Bertz CT molecular complexity index is 1290. The average Bonchev–Trinajstić information content (AvgIpc) is 3.07. The molecule has 2 heterocycles. The molecule has 0 unspecified atom stereocenters. The number of carboxylic acids is 2. The number of aliphatic hydroxyl groups excluding tert-OH is 8. The minimum absolute atomic E-state index is 0.340. The van der Waals surface area contributed by atoms with Gasteiger partial charge in [0.1, 0.15) is 43.2 Å². The van der Waals surface area contributed by atoms with Crippen LogP contribution in [-0.2, 0) is 44.7 Å². The van der Waals surface area contributed by atoms with Gasteiger partial charge in [0.15, 0.2) is 0 Å². The smallest absolute Gasteiger partial charge is 0.364 e. The zero-order chi connectivity index (χ0) is 36.7. The van der Waals surface area contributed by atoms with E-state index < -0.39 is 129 Å². The molecular weight excluding hydrogens is 664 g/mol. The molecule has 2 fully saturated rings. The molecule has 1 aromatic carbocycles. The first-order chi connectivity index (χ1) is 23.0. The van der Waals surface area contributed by atoms with E-state index in [9.17, 15) is 70.2 Å². The molecule has 3 rings (SSSR count). The number of aliphatic hydroxyl groups is 8. The van der Waals surface area contributed by atoms with Gasteiger partial charge in [0.25, 0.3) is 11.6 Å². The van der Waals surface area contributed by atoms with Crippen LogP contribution in [-0.4, -0.2) is 167 Å². The molecule has 12 atom stereocenters. The number of carbonyl (C=O) groups is 4. The van der Waals surface area contributed by atoms with Gasteiger partial charge in [-0.2, -0.15) is 0 Å². The highest BCUT2D eigenvalue weighted by Gasteiger charge is 2.58. The summed E-state index contributed by atoms with van der Waals surface area (Å²) in [5.41, 5.74) is 0.507. The Balaban J connectivity index is 1.84. The van der Waals surface area contributed by atoms with Crippen molar-refractivity contribution in [3.05, 3.63) is 35.9 Å². The van der Waals surface area contributed by atoms with Crippen LogP contribution in [0.1, 0.15) is 25.3 Å². The zero-order valence-corrected chi connectivity index (χ0v) is 26.1. The molecule has 49 heavy (non-hydrogen) atoms. The highest BCUT2D eigenvalue weighted by Crippen LogP contribution is 2.36. The number of rotatable bonds is 16. The molecule has 276 valence electrons. The Kier molecular flexibility index (Phi) is 13.9. The Morgan fingerprint density at radius 2 is 1.24 bits per heavy atom. The van der Waals surface area contributed by atoms with E-state index >= 15 is 0 Å². The normalized spacial score (nSPS) is 32.7. The van der Waals surface area contributed by atoms with Gasteiger partial charge in [-0.1, -0.05) is 30.3 Å². The minimum Gasteiger partial charge on any atom is -0.477 e. The van der Waals surface area contributed by atoms with Gasteiger partial charge in [-0.15, -0.1) is 0 Å². The lowest BCUT2D eigenvalue weighted by Gasteiger charge is -2.47. The average molecular weight is 707 g/mol. The number of carboxylic acid groups (broad SMARTS) is 2. The second-order valence-corrected chi connectivity index (χ2v) is 11.7. The van der Waals surface area contributed by atoms with Crippen molar-refractivity contribution in [1.82, 2.24) is 10.6 Å². The second-order valence-electron chi connectivity index (χ2n) is 11.7. The van der Waals surface area contributed by atoms with Crippen molar-refractivity contribution in [3.8, 4) is 0 Å². The van der Waals surface area contributed by atoms with Crippen molar-refractivity contribution in [3.63, 3.8) is 0 Å². The first-order valence-electron chi connectivity index (χ1n) is 15.0. The third kappa shape index (κ3) is 9.45. The van der Waals surface area contributed by atoms with Gasteiger partial charge in [-0.3, -0.25) is 9.59 Å². The van der Waals surface area contributed by atoms with E-state index in [1.807, 2.05) is 0 Å². The minimum atomic E-state index is -2.90. The fourth-order valence-electron chi connectivity index (χ4n) is 5.50. The fourth-order valence-corrected chi connectivity index (χ4v) is 5.50. The van der Waals surface area contributed by atoms with Crippen LogP contribution in [0.25, 0.3) is 0 Å². The van der Waals surface area contributed by atoms with Crippen molar-refractivity contribution < 1.29 is 89.2 Å². The molecule has 0 saturated carbocycles. The number of nitrogens with one attached hydrogen (secondary N) is 2. The van der Waals surface area contributed by atoms with Crippen molar-refractivity contribution >= 4 is 23.8 Å². The summed E-state index contributed by atoms with van der Waals surface area (Å²) in [6.07, 6.45) is -17.4. The molecular formula is C29H42N2O18. The predicted molar refractivity (Wildman–Crippen MR) is 157 cm³/mol. The summed E-state index contributed by atoms with van der Waals surface area (Å²) in [6, 6.07) is 4.98. The molecule has 12 N–H and O–H groups in total. The third-order valence-electron chi connectivity index (χ3n) is 8.08. The van der Waals surface area contributed by atoms with E-state index in [2.05, 4.69) is 10.6 Å². The largest absolute Gasteiger partial charge is 0.477 e. The number of benzene rings is 1. The Labute approximate surface area is 278 Å². The molecule has 20 heteroatoms. The Hall–Kier alpha value is -3.38. The molecule has 2 aliphatic heterocycles. The molecule has 0 aliphatic carbocycles. The SMILES string of the molecule is CC(=O)N[C@H]1[C@H]([C@H](O)[C@H](O)CO)O[C@@](OCC(=O)N[C@H]2[C@H]([C@H](O)[C@H](O)CO)O[C@@](OCc3ccccc3)(C(=O)O)C[C@@H]2O)(C(=O)O)C[C@@H]1O.